The number of aromatic nitrogens is 1. The normalized spacial score (nSPS) is 16.8. The SMILES string of the molecule is O=Cc1ccccc1OCC(=O)N1CCCC1c1nc2ccccc2s1. The van der Waals surface area contributed by atoms with E-state index < -0.39 is 0 Å². The predicted molar refractivity (Wildman–Crippen MR) is 101 cm³/mol. The lowest BCUT2D eigenvalue weighted by Crippen LogP contribution is -2.34. The van der Waals surface area contributed by atoms with Crippen LogP contribution in [0, 0.1) is 0 Å². The molecule has 2 aromatic carbocycles. The zero-order valence-corrected chi connectivity index (χ0v) is 14.9. The van der Waals surface area contributed by atoms with Crippen LogP contribution >= 0.6 is 11.3 Å². The van der Waals surface area contributed by atoms with Crippen LogP contribution in [-0.2, 0) is 4.79 Å². The van der Waals surface area contributed by atoms with Gasteiger partial charge in [-0.05, 0) is 37.1 Å². The average molecular weight is 366 g/mol. The summed E-state index contributed by atoms with van der Waals surface area (Å²) in [5, 5.41) is 0.977. The summed E-state index contributed by atoms with van der Waals surface area (Å²) >= 11 is 1.64. The minimum Gasteiger partial charge on any atom is -0.483 e. The molecule has 3 aromatic rings. The van der Waals surface area contributed by atoms with E-state index in [4.69, 9.17) is 9.72 Å². The third kappa shape index (κ3) is 3.20. The number of fused-ring (bicyclic) bond motifs is 1. The molecule has 1 aliphatic rings. The van der Waals surface area contributed by atoms with Crippen molar-refractivity contribution >= 4 is 33.7 Å². The average Bonchev–Trinajstić information content (AvgIpc) is 3.32. The minimum atomic E-state index is -0.0771. The zero-order chi connectivity index (χ0) is 17.9. The summed E-state index contributed by atoms with van der Waals surface area (Å²) in [6, 6.07) is 15.0. The molecule has 0 saturated carbocycles. The first-order valence-corrected chi connectivity index (χ1v) is 9.40. The molecule has 5 nitrogen and oxygen atoms in total. The Morgan fingerprint density at radius 3 is 2.88 bits per heavy atom. The van der Waals surface area contributed by atoms with E-state index in [1.807, 2.05) is 23.1 Å². The van der Waals surface area contributed by atoms with Crippen LogP contribution in [0.1, 0.15) is 34.2 Å². The minimum absolute atomic E-state index is 0.00446. The monoisotopic (exact) mass is 366 g/mol. The van der Waals surface area contributed by atoms with Crippen molar-refractivity contribution in [1.29, 1.82) is 0 Å². The van der Waals surface area contributed by atoms with Crippen molar-refractivity contribution in [1.82, 2.24) is 9.88 Å². The second-order valence-electron chi connectivity index (χ2n) is 6.21. The number of aldehydes is 1. The van der Waals surface area contributed by atoms with E-state index in [-0.39, 0.29) is 18.6 Å². The summed E-state index contributed by atoms with van der Waals surface area (Å²) in [5.41, 5.74) is 1.42. The van der Waals surface area contributed by atoms with Crippen LogP contribution in [-0.4, -0.2) is 35.2 Å². The molecule has 1 saturated heterocycles. The second-order valence-corrected chi connectivity index (χ2v) is 7.27. The molecule has 4 rings (SSSR count). The van der Waals surface area contributed by atoms with Gasteiger partial charge in [0, 0.05) is 6.54 Å². The highest BCUT2D eigenvalue weighted by atomic mass is 32.1. The highest BCUT2D eigenvalue weighted by molar-refractivity contribution is 7.18. The van der Waals surface area contributed by atoms with Crippen molar-refractivity contribution in [2.45, 2.75) is 18.9 Å². The number of ether oxygens (including phenoxy) is 1. The van der Waals surface area contributed by atoms with Crippen LogP contribution in [0.15, 0.2) is 48.5 Å². The Hall–Kier alpha value is -2.73. The number of amides is 1. The Labute approximate surface area is 155 Å². The molecule has 132 valence electrons. The lowest BCUT2D eigenvalue weighted by molar-refractivity contribution is -0.134. The first-order chi connectivity index (χ1) is 12.8. The Kier molecular flexibility index (Phi) is 4.67. The number of para-hydroxylation sites is 2. The molecular formula is C20H18N2O3S. The van der Waals surface area contributed by atoms with Gasteiger partial charge >= 0.3 is 0 Å². The molecule has 1 fully saturated rings. The first-order valence-electron chi connectivity index (χ1n) is 8.58. The highest BCUT2D eigenvalue weighted by Crippen LogP contribution is 2.36. The van der Waals surface area contributed by atoms with Gasteiger partial charge in [0.05, 0.1) is 21.8 Å². The van der Waals surface area contributed by atoms with Crippen molar-refractivity contribution in [3.63, 3.8) is 0 Å². The van der Waals surface area contributed by atoms with Gasteiger partial charge in [-0.15, -0.1) is 11.3 Å². The van der Waals surface area contributed by atoms with Gasteiger partial charge in [0.1, 0.15) is 10.8 Å². The van der Waals surface area contributed by atoms with E-state index in [2.05, 4.69) is 6.07 Å². The van der Waals surface area contributed by atoms with Gasteiger partial charge in [-0.1, -0.05) is 24.3 Å². The summed E-state index contributed by atoms with van der Waals surface area (Å²) in [6.07, 6.45) is 2.60. The fraction of sp³-hybridized carbons (Fsp3) is 0.250. The van der Waals surface area contributed by atoms with Crippen LogP contribution in [0.4, 0.5) is 0 Å². The molecule has 1 amide bonds. The summed E-state index contributed by atoms with van der Waals surface area (Å²) in [5.74, 6) is 0.360. The second kappa shape index (κ2) is 7.25. The molecule has 0 spiro atoms. The summed E-state index contributed by atoms with van der Waals surface area (Å²) in [6.45, 7) is 0.629. The third-order valence-corrected chi connectivity index (χ3v) is 5.70. The van der Waals surface area contributed by atoms with Gasteiger partial charge in [0.15, 0.2) is 12.9 Å². The number of carbonyl (C=O) groups is 2. The van der Waals surface area contributed by atoms with E-state index in [1.54, 1.807) is 35.6 Å². The Morgan fingerprint density at radius 1 is 1.23 bits per heavy atom. The number of thiazole rings is 1. The fourth-order valence-electron chi connectivity index (χ4n) is 3.29. The standard InChI is InChI=1S/C20H18N2O3S/c23-12-14-6-1-3-9-17(14)25-13-19(24)22-11-5-8-16(22)20-21-15-7-2-4-10-18(15)26-20/h1-4,6-7,9-10,12,16H,5,8,11,13H2. The summed E-state index contributed by atoms with van der Waals surface area (Å²) in [4.78, 5) is 30.3. The molecule has 1 atom stereocenters. The highest BCUT2D eigenvalue weighted by Gasteiger charge is 2.32. The molecule has 0 N–H and O–H groups in total. The maximum absolute atomic E-state index is 12.7. The van der Waals surface area contributed by atoms with Crippen LogP contribution in [0.2, 0.25) is 0 Å². The summed E-state index contributed by atoms with van der Waals surface area (Å²) < 4.78 is 6.74. The van der Waals surface area contributed by atoms with Gasteiger partial charge in [0.25, 0.3) is 5.91 Å². The molecule has 1 unspecified atom stereocenters. The third-order valence-electron chi connectivity index (χ3n) is 4.57. The molecule has 1 aromatic heterocycles. The molecule has 0 radical (unpaired) electrons. The lowest BCUT2D eigenvalue weighted by atomic mass is 10.2. The van der Waals surface area contributed by atoms with Crippen molar-refractivity contribution in [2.75, 3.05) is 13.2 Å². The van der Waals surface area contributed by atoms with Gasteiger partial charge in [-0.3, -0.25) is 9.59 Å². The number of hydrogen-bond donors (Lipinski definition) is 0. The Morgan fingerprint density at radius 2 is 2.04 bits per heavy atom. The van der Waals surface area contributed by atoms with Crippen molar-refractivity contribution in [3.05, 3.63) is 59.1 Å². The van der Waals surface area contributed by atoms with Crippen molar-refractivity contribution in [2.24, 2.45) is 0 Å². The van der Waals surface area contributed by atoms with Crippen molar-refractivity contribution in [3.8, 4) is 5.75 Å². The van der Waals surface area contributed by atoms with Crippen LogP contribution in [0.25, 0.3) is 10.2 Å². The maximum Gasteiger partial charge on any atom is 0.261 e. The Bertz CT molecular complexity index is 920. The molecule has 0 bridgehead atoms. The van der Waals surface area contributed by atoms with E-state index in [0.717, 1.165) is 34.4 Å². The van der Waals surface area contributed by atoms with Gasteiger partial charge in [-0.25, -0.2) is 4.98 Å². The molecule has 26 heavy (non-hydrogen) atoms. The maximum atomic E-state index is 12.7. The Balaban J connectivity index is 1.49. The van der Waals surface area contributed by atoms with Crippen molar-refractivity contribution < 1.29 is 14.3 Å². The zero-order valence-electron chi connectivity index (χ0n) is 14.1. The number of likely N-dealkylation sites (tertiary alicyclic amines) is 1. The molecule has 0 aliphatic carbocycles. The number of nitrogens with zero attached hydrogens (tertiary/aromatic N) is 2. The smallest absolute Gasteiger partial charge is 0.261 e. The molecular weight excluding hydrogens is 348 g/mol. The molecule has 2 heterocycles. The van der Waals surface area contributed by atoms with Crippen LogP contribution in [0.5, 0.6) is 5.75 Å². The number of carbonyl (C=O) groups excluding carboxylic acids is 2. The quantitative estimate of drug-likeness (QED) is 0.644. The van der Waals surface area contributed by atoms with Gasteiger partial charge < -0.3 is 9.64 Å². The van der Waals surface area contributed by atoms with E-state index in [9.17, 15) is 9.59 Å². The topological polar surface area (TPSA) is 59.5 Å². The predicted octanol–water partition coefficient (Wildman–Crippen LogP) is 3.85. The van der Waals surface area contributed by atoms with E-state index >= 15 is 0 Å². The first kappa shape index (κ1) is 16.7. The number of hydrogen-bond acceptors (Lipinski definition) is 5. The largest absolute Gasteiger partial charge is 0.483 e. The summed E-state index contributed by atoms with van der Waals surface area (Å²) in [7, 11) is 0. The van der Waals surface area contributed by atoms with E-state index in [1.165, 1.54) is 0 Å². The van der Waals surface area contributed by atoms with Gasteiger partial charge in [-0.2, -0.15) is 0 Å². The lowest BCUT2D eigenvalue weighted by Gasteiger charge is -2.23. The molecule has 1 aliphatic heterocycles. The fourth-order valence-corrected chi connectivity index (χ4v) is 4.40. The van der Waals surface area contributed by atoms with Gasteiger partial charge in [0.2, 0.25) is 0 Å². The molecule has 6 heteroatoms. The van der Waals surface area contributed by atoms with Crippen LogP contribution in [0.3, 0.4) is 0 Å². The number of rotatable bonds is 5. The number of benzene rings is 2. The van der Waals surface area contributed by atoms with Crippen LogP contribution < -0.4 is 4.74 Å². The van der Waals surface area contributed by atoms with E-state index in [0.29, 0.717) is 17.9 Å².